The molecule has 2 rings (SSSR count). The van der Waals surface area contributed by atoms with Crippen LogP contribution in [0.25, 0.3) is 5.70 Å². The van der Waals surface area contributed by atoms with Crippen molar-refractivity contribution in [3.05, 3.63) is 23.1 Å². The Morgan fingerprint density at radius 1 is 1.34 bits per heavy atom. The van der Waals surface area contributed by atoms with Crippen molar-refractivity contribution in [3.63, 3.8) is 0 Å². The van der Waals surface area contributed by atoms with Crippen molar-refractivity contribution in [3.8, 4) is 0 Å². The summed E-state index contributed by atoms with van der Waals surface area (Å²) in [4.78, 5) is 9.23. The van der Waals surface area contributed by atoms with E-state index in [4.69, 9.17) is 21.9 Å². The Bertz CT molecular complexity index is 700. The molecule has 29 heavy (non-hydrogen) atoms. The van der Waals surface area contributed by atoms with E-state index in [-0.39, 0.29) is 0 Å². The van der Waals surface area contributed by atoms with Gasteiger partial charge in [0.15, 0.2) is 0 Å². The van der Waals surface area contributed by atoms with Gasteiger partial charge in [-0.15, -0.1) is 0 Å². The molecule has 1 atom stereocenters. The Labute approximate surface area is 181 Å². The van der Waals surface area contributed by atoms with Crippen LogP contribution in [0.5, 0.6) is 0 Å². The number of halogens is 1. The lowest BCUT2D eigenvalue weighted by atomic mass is 10.1. The maximum atomic E-state index is 6.42. The highest BCUT2D eigenvalue weighted by Gasteiger charge is 2.27. The molecular formula is C22H38ClN5O. The molecule has 0 amide bonds. The van der Waals surface area contributed by atoms with Crippen LogP contribution in [0.15, 0.2) is 21.2 Å². The van der Waals surface area contributed by atoms with E-state index in [0.29, 0.717) is 40.9 Å². The number of nitrogens with zero attached hydrogens (tertiary/aromatic N) is 4. The Balaban J connectivity index is 2.05. The molecule has 2 heterocycles. The first-order valence-electron chi connectivity index (χ1n) is 10.7. The summed E-state index contributed by atoms with van der Waals surface area (Å²) in [5.74, 6) is 2.77. The first kappa shape index (κ1) is 23.9. The normalized spacial score (nSPS) is 19.7. The lowest BCUT2D eigenvalue weighted by molar-refractivity contribution is 0.187. The van der Waals surface area contributed by atoms with Crippen molar-refractivity contribution < 1.29 is 4.52 Å². The van der Waals surface area contributed by atoms with Gasteiger partial charge >= 0.3 is 0 Å². The highest BCUT2D eigenvalue weighted by atomic mass is 35.5. The summed E-state index contributed by atoms with van der Waals surface area (Å²) < 4.78 is 5.18. The van der Waals surface area contributed by atoms with Crippen LogP contribution in [0.3, 0.4) is 0 Å². The first-order chi connectivity index (χ1) is 13.7. The summed E-state index contributed by atoms with van der Waals surface area (Å²) in [7, 11) is 1.69. The molecule has 1 saturated heterocycles. The fraction of sp³-hybridized carbons (Fsp3) is 0.727. The molecule has 0 spiro atoms. The van der Waals surface area contributed by atoms with Crippen molar-refractivity contribution >= 4 is 22.5 Å². The summed E-state index contributed by atoms with van der Waals surface area (Å²) in [5, 5.41) is 4.48. The second-order valence-electron chi connectivity index (χ2n) is 9.13. The smallest absolute Gasteiger partial charge is 0.134 e. The number of nitrogens with two attached hydrogens (primary N) is 1. The number of hydrogen-bond acceptors (Lipinski definition) is 6. The van der Waals surface area contributed by atoms with Crippen LogP contribution >= 0.6 is 11.6 Å². The maximum Gasteiger partial charge on any atom is 0.134 e. The van der Waals surface area contributed by atoms with Gasteiger partial charge in [0.05, 0.1) is 5.70 Å². The van der Waals surface area contributed by atoms with E-state index < -0.39 is 0 Å². The average Bonchev–Trinajstić information content (AvgIpc) is 3.26. The fourth-order valence-corrected chi connectivity index (χ4v) is 4.26. The van der Waals surface area contributed by atoms with Gasteiger partial charge in [-0.05, 0) is 37.6 Å². The third-order valence-electron chi connectivity index (χ3n) is 5.19. The van der Waals surface area contributed by atoms with E-state index >= 15 is 0 Å². The van der Waals surface area contributed by atoms with Gasteiger partial charge in [-0.25, -0.2) is 0 Å². The van der Waals surface area contributed by atoms with Crippen LogP contribution in [0.2, 0.25) is 0 Å². The Morgan fingerprint density at radius 3 is 2.52 bits per heavy atom. The lowest BCUT2D eigenvalue weighted by Gasteiger charge is -2.29. The third-order valence-corrected chi connectivity index (χ3v) is 5.59. The molecule has 164 valence electrons. The lowest BCUT2D eigenvalue weighted by Crippen LogP contribution is -2.36. The summed E-state index contributed by atoms with van der Waals surface area (Å²) in [5.41, 5.74) is 8.38. The number of aryl methyl sites for hydroxylation is 1. The minimum Gasteiger partial charge on any atom is -0.397 e. The molecule has 0 radical (unpaired) electrons. The van der Waals surface area contributed by atoms with E-state index in [1.807, 2.05) is 13.0 Å². The molecule has 0 aromatic carbocycles. The number of hydrogen-bond donors (Lipinski definition) is 1. The highest BCUT2D eigenvalue weighted by Crippen LogP contribution is 2.23. The first-order valence-corrected chi connectivity index (χ1v) is 11.1. The van der Waals surface area contributed by atoms with Crippen molar-refractivity contribution in [1.82, 2.24) is 15.0 Å². The van der Waals surface area contributed by atoms with Gasteiger partial charge in [-0.1, -0.05) is 44.5 Å². The molecule has 1 aromatic rings. The second-order valence-corrected chi connectivity index (χ2v) is 9.48. The fourth-order valence-electron chi connectivity index (χ4n) is 4.10. The summed E-state index contributed by atoms with van der Waals surface area (Å²) >= 11 is 6.42. The predicted octanol–water partition coefficient (Wildman–Crippen LogP) is 3.86. The summed E-state index contributed by atoms with van der Waals surface area (Å²) in [6.07, 6.45) is 1.20. The largest absolute Gasteiger partial charge is 0.397 e. The van der Waals surface area contributed by atoms with Crippen LogP contribution in [0.4, 0.5) is 0 Å². The Kier molecular flexibility index (Phi) is 9.18. The van der Waals surface area contributed by atoms with Gasteiger partial charge in [0, 0.05) is 51.4 Å². The van der Waals surface area contributed by atoms with Gasteiger partial charge in [0.2, 0.25) is 0 Å². The average molecular weight is 424 g/mol. The molecule has 1 fully saturated rings. The van der Waals surface area contributed by atoms with Crippen LogP contribution in [-0.4, -0.2) is 66.4 Å². The summed E-state index contributed by atoms with van der Waals surface area (Å²) in [6.45, 7) is 17.3. The zero-order valence-electron chi connectivity index (χ0n) is 18.9. The van der Waals surface area contributed by atoms with Crippen LogP contribution in [-0.2, 0) is 0 Å². The molecule has 0 aliphatic carbocycles. The van der Waals surface area contributed by atoms with Crippen molar-refractivity contribution in [1.29, 1.82) is 0 Å². The van der Waals surface area contributed by atoms with E-state index in [1.165, 1.54) is 6.42 Å². The van der Waals surface area contributed by atoms with Gasteiger partial charge in [0.1, 0.15) is 16.6 Å². The predicted molar refractivity (Wildman–Crippen MR) is 122 cm³/mol. The number of aromatic nitrogens is 1. The Hall–Kier alpha value is -1.37. The molecule has 0 saturated carbocycles. The van der Waals surface area contributed by atoms with Crippen molar-refractivity contribution in [2.24, 2.45) is 28.5 Å². The van der Waals surface area contributed by atoms with Gasteiger partial charge in [-0.3, -0.25) is 9.89 Å². The number of rotatable bonds is 10. The highest BCUT2D eigenvalue weighted by molar-refractivity contribution is 6.70. The van der Waals surface area contributed by atoms with Crippen LogP contribution in [0.1, 0.15) is 45.6 Å². The second kappa shape index (κ2) is 11.1. The number of aliphatic imine (C=N–C) groups is 1. The molecule has 1 unspecified atom stereocenters. The van der Waals surface area contributed by atoms with Crippen molar-refractivity contribution in [2.45, 2.75) is 41.0 Å². The molecule has 1 aromatic heterocycles. The quantitative estimate of drug-likeness (QED) is 0.578. The molecule has 1 aliphatic heterocycles. The van der Waals surface area contributed by atoms with E-state index in [0.717, 1.165) is 44.1 Å². The molecule has 7 heteroatoms. The monoisotopic (exact) mass is 423 g/mol. The maximum absolute atomic E-state index is 6.42. The van der Waals surface area contributed by atoms with E-state index in [9.17, 15) is 0 Å². The SMILES string of the molecule is CN=C(Cl)/C(CN1CCC(CN(CC(C)C)CC(C)C)C1)=C(\N)c1cc(C)on1. The minimum atomic E-state index is 0.438. The standard InChI is InChI=1S/C22H38ClN5O/c1-15(2)10-28(11-16(3)4)13-18-7-8-27(12-18)14-19(22(23)25-6)21(24)20-9-17(5)29-26-20/h9,15-16,18H,7-8,10-14,24H2,1-6H3/b21-19-,25-22?. The molecule has 2 N–H and O–H groups in total. The Morgan fingerprint density at radius 2 is 2.00 bits per heavy atom. The molecular weight excluding hydrogens is 386 g/mol. The third kappa shape index (κ3) is 7.43. The van der Waals surface area contributed by atoms with Crippen molar-refractivity contribution in [2.75, 3.05) is 46.3 Å². The zero-order valence-corrected chi connectivity index (χ0v) is 19.7. The van der Waals surface area contributed by atoms with E-state index in [1.54, 1.807) is 7.05 Å². The topological polar surface area (TPSA) is 70.9 Å². The van der Waals surface area contributed by atoms with Crippen LogP contribution < -0.4 is 5.73 Å². The summed E-state index contributed by atoms with van der Waals surface area (Å²) in [6, 6.07) is 1.83. The van der Waals surface area contributed by atoms with Gasteiger partial charge < -0.3 is 15.2 Å². The number of likely N-dealkylation sites (tertiary alicyclic amines) is 1. The van der Waals surface area contributed by atoms with Gasteiger partial charge in [-0.2, -0.15) is 0 Å². The van der Waals surface area contributed by atoms with Crippen LogP contribution in [0, 0.1) is 24.7 Å². The molecule has 6 nitrogen and oxygen atoms in total. The molecule has 0 bridgehead atoms. The molecule has 1 aliphatic rings. The van der Waals surface area contributed by atoms with E-state index in [2.05, 4.69) is 47.6 Å². The zero-order chi connectivity index (χ0) is 21.6. The van der Waals surface area contributed by atoms with Gasteiger partial charge in [0.25, 0.3) is 0 Å². The minimum absolute atomic E-state index is 0.438.